The molecule has 22 heavy (non-hydrogen) atoms. The fraction of sp³-hybridized carbons (Fsp3) is 0.947. The highest BCUT2D eigenvalue weighted by Gasteiger charge is 2.09. The molecule has 0 spiro atoms. The molecule has 0 amide bonds. The molecule has 0 aromatic carbocycles. The summed E-state index contributed by atoms with van der Waals surface area (Å²) in [5.74, 6) is -0.297. The van der Waals surface area contributed by atoms with E-state index in [1.54, 1.807) is 0 Å². The van der Waals surface area contributed by atoms with Gasteiger partial charge < -0.3 is 9.84 Å². The Kier molecular flexibility index (Phi) is 16.4. The zero-order valence-electron chi connectivity index (χ0n) is 14.9. The van der Waals surface area contributed by atoms with Gasteiger partial charge in [0.2, 0.25) is 0 Å². The van der Waals surface area contributed by atoms with E-state index in [4.69, 9.17) is 9.84 Å². The number of ether oxygens (including phenoxy) is 1. The summed E-state index contributed by atoms with van der Waals surface area (Å²) in [6, 6.07) is 0. The van der Waals surface area contributed by atoms with Crippen LogP contribution in [0.3, 0.4) is 0 Å². The van der Waals surface area contributed by atoms with Crippen LogP contribution >= 0.6 is 0 Å². The number of aliphatic hydroxyl groups is 1. The topological polar surface area (TPSA) is 46.5 Å². The number of rotatable bonds is 16. The second kappa shape index (κ2) is 16.8. The summed E-state index contributed by atoms with van der Waals surface area (Å²) in [5, 5.41) is 9.09. The van der Waals surface area contributed by atoms with Crippen molar-refractivity contribution in [1.29, 1.82) is 0 Å². The summed E-state index contributed by atoms with van der Waals surface area (Å²) >= 11 is 0. The largest absolute Gasteiger partial charge is 0.460 e. The van der Waals surface area contributed by atoms with E-state index < -0.39 is 0 Å². The van der Waals surface area contributed by atoms with Gasteiger partial charge in [-0.25, -0.2) is 0 Å². The van der Waals surface area contributed by atoms with Gasteiger partial charge in [0.25, 0.3) is 0 Å². The first-order valence-electron chi connectivity index (χ1n) is 9.48. The van der Waals surface area contributed by atoms with Crippen LogP contribution in [0.1, 0.15) is 104 Å². The highest BCUT2D eigenvalue weighted by atomic mass is 16.5. The van der Waals surface area contributed by atoms with Crippen molar-refractivity contribution in [1.82, 2.24) is 0 Å². The van der Waals surface area contributed by atoms with Crippen LogP contribution < -0.4 is 0 Å². The Balaban J connectivity index is 3.18. The Labute approximate surface area is 137 Å². The van der Waals surface area contributed by atoms with Crippen molar-refractivity contribution < 1.29 is 14.6 Å². The molecule has 0 saturated carbocycles. The molecule has 0 aliphatic carbocycles. The molecule has 0 bridgehead atoms. The SMILES string of the molecule is CCCCCCCCCCCCCCC[C@@H](CO)OC(C)=O. The van der Waals surface area contributed by atoms with Crippen LogP contribution in [0.4, 0.5) is 0 Å². The molecule has 0 saturated heterocycles. The highest BCUT2D eigenvalue weighted by Crippen LogP contribution is 2.13. The number of unbranched alkanes of at least 4 members (excludes halogenated alkanes) is 12. The molecule has 3 heteroatoms. The van der Waals surface area contributed by atoms with E-state index in [1.807, 2.05) is 0 Å². The summed E-state index contributed by atoms with van der Waals surface area (Å²) in [6.07, 6.45) is 17.8. The highest BCUT2D eigenvalue weighted by molar-refractivity contribution is 5.66. The molecule has 0 heterocycles. The lowest BCUT2D eigenvalue weighted by Gasteiger charge is -2.13. The number of aliphatic hydroxyl groups excluding tert-OH is 1. The quantitative estimate of drug-likeness (QED) is 0.307. The van der Waals surface area contributed by atoms with E-state index in [2.05, 4.69) is 6.92 Å². The maximum absolute atomic E-state index is 10.8. The van der Waals surface area contributed by atoms with Crippen LogP contribution in [0.25, 0.3) is 0 Å². The second-order valence-corrected chi connectivity index (χ2v) is 6.45. The molecule has 0 unspecified atom stereocenters. The first-order chi connectivity index (χ1) is 10.7. The number of esters is 1. The van der Waals surface area contributed by atoms with Crippen LogP contribution in [-0.2, 0) is 9.53 Å². The van der Waals surface area contributed by atoms with E-state index in [0.717, 1.165) is 12.8 Å². The molecular formula is C19H38O3. The normalized spacial score (nSPS) is 12.3. The maximum Gasteiger partial charge on any atom is 0.302 e. The van der Waals surface area contributed by atoms with Crippen LogP contribution in [0, 0.1) is 0 Å². The zero-order chi connectivity index (χ0) is 16.5. The van der Waals surface area contributed by atoms with Crippen molar-refractivity contribution in [2.75, 3.05) is 6.61 Å². The first kappa shape index (κ1) is 21.4. The van der Waals surface area contributed by atoms with E-state index in [9.17, 15) is 4.79 Å². The Morgan fingerprint density at radius 1 is 0.818 bits per heavy atom. The van der Waals surface area contributed by atoms with Crippen LogP contribution in [0.5, 0.6) is 0 Å². The molecule has 0 aliphatic heterocycles. The van der Waals surface area contributed by atoms with Gasteiger partial charge in [-0.05, 0) is 12.8 Å². The van der Waals surface area contributed by atoms with E-state index in [0.29, 0.717) is 0 Å². The first-order valence-corrected chi connectivity index (χ1v) is 9.48. The number of carbonyl (C=O) groups excluding carboxylic acids is 1. The van der Waals surface area contributed by atoms with Crippen molar-refractivity contribution in [2.24, 2.45) is 0 Å². The standard InChI is InChI=1S/C19H38O3/c1-3-4-5-6-7-8-9-10-11-12-13-14-15-16-19(17-20)22-18(2)21/h19-20H,3-17H2,1-2H3/t19-/m0/s1. The molecule has 1 atom stereocenters. The Morgan fingerprint density at radius 2 is 1.23 bits per heavy atom. The monoisotopic (exact) mass is 314 g/mol. The van der Waals surface area contributed by atoms with Crippen molar-refractivity contribution >= 4 is 5.97 Å². The molecule has 0 fully saturated rings. The van der Waals surface area contributed by atoms with Gasteiger partial charge in [0.1, 0.15) is 6.10 Å². The van der Waals surface area contributed by atoms with Crippen molar-refractivity contribution in [2.45, 2.75) is 110 Å². The van der Waals surface area contributed by atoms with Crippen LogP contribution in [-0.4, -0.2) is 23.8 Å². The lowest BCUT2D eigenvalue weighted by Crippen LogP contribution is -2.20. The van der Waals surface area contributed by atoms with Gasteiger partial charge in [-0.3, -0.25) is 4.79 Å². The van der Waals surface area contributed by atoms with Gasteiger partial charge in [-0.15, -0.1) is 0 Å². The molecule has 0 radical (unpaired) electrons. The van der Waals surface area contributed by atoms with Gasteiger partial charge in [0.15, 0.2) is 0 Å². The molecule has 132 valence electrons. The van der Waals surface area contributed by atoms with Crippen molar-refractivity contribution in [3.8, 4) is 0 Å². The third-order valence-electron chi connectivity index (χ3n) is 4.17. The second-order valence-electron chi connectivity index (χ2n) is 6.45. The predicted octanol–water partition coefficient (Wildman–Crippen LogP) is 5.39. The maximum atomic E-state index is 10.8. The number of carbonyl (C=O) groups is 1. The van der Waals surface area contributed by atoms with Gasteiger partial charge in [0, 0.05) is 6.92 Å². The Morgan fingerprint density at radius 3 is 1.59 bits per heavy atom. The predicted molar refractivity (Wildman–Crippen MR) is 93.0 cm³/mol. The smallest absolute Gasteiger partial charge is 0.302 e. The Hall–Kier alpha value is -0.570. The molecular weight excluding hydrogens is 276 g/mol. The van der Waals surface area contributed by atoms with E-state index in [-0.39, 0.29) is 18.7 Å². The van der Waals surface area contributed by atoms with Gasteiger partial charge in [-0.1, -0.05) is 84.0 Å². The summed E-state index contributed by atoms with van der Waals surface area (Å²) in [4.78, 5) is 10.8. The third-order valence-corrected chi connectivity index (χ3v) is 4.17. The summed E-state index contributed by atoms with van der Waals surface area (Å²) < 4.78 is 5.02. The number of hydrogen-bond acceptors (Lipinski definition) is 3. The minimum atomic E-state index is -0.301. The summed E-state index contributed by atoms with van der Waals surface area (Å²) in [7, 11) is 0. The fourth-order valence-corrected chi connectivity index (χ4v) is 2.81. The average molecular weight is 315 g/mol. The molecule has 0 aromatic rings. The minimum absolute atomic E-state index is 0.0577. The lowest BCUT2D eigenvalue weighted by atomic mass is 10.0. The summed E-state index contributed by atoms with van der Waals surface area (Å²) in [5.41, 5.74) is 0. The lowest BCUT2D eigenvalue weighted by molar-refractivity contribution is -0.148. The Bertz CT molecular complexity index is 241. The van der Waals surface area contributed by atoms with Gasteiger partial charge >= 0.3 is 5.97 Å². The van der Waals surface area contributed by atoms with Gasteiger partial charge in [-0.2, -0.15) is 0 Å². The molecule has 0 aliphatic rings. The molecule has 0 rings (SSSR count). The van der Waals surface area contributed by atoms with Gasteiger partial charge in [0.05, 0.1) is 6.61 Å². The van der Waals surface area contributed by atoms with E-state index in [1.165, 1.54) is 84.0 Å². The zero-order valence-corrected chi connectivity index (χ0v) is 14.9. The number of hydrogen-bond donors (Lipinski definition) is 1. The van der Waals surface area contributed by atoms with Crippen molar-refractivity contribution in [3.63, 3.8) is 0 Å². The fourth-order valence-electron chi connectivity index (χ4n) is 2.81. The van der Waals surface area contributed by atoms with Crippen LogP contribution in [0.2, 0.25) is 0 Å². The summed E-state index contributed by atoms with van der Waals surface area (Å²) in [6.45, 7) is 3.60. The van der Waals surface area contributed by atoms with Crippen LogP contribution in [0.15, 0.2) is 0 Å². The molecule has 1 N–H and O–H groups in total. The average Bonchev–Trinajstić information content (AvgIpc) is 2.50. The molecule has 0 aromatic heterocycles. The van der Waals surface area contributed by atoms with E-state index >= 15 is 0 Å². The third kappa shape index (κ3) is 15.8. The molecule has 3 nitrogen and oxygen atoms in total. The van der Waals surface area contributed by atoms with Crippen molar-refractivity contribution in [3.05, 3.63) is 0 Å². The minimum Gasteiger partial charge on any atom is -0.460 e.